The number of benzene rings is 2. The molecule has 1 aromatic heterocycles. The second-order valence-electron chi connectivity index (χ2n) is 4.72. The second kappa shape index (κ2) is 5.17. The summed E-state index contributed by atoms with van der Waals surface area (Å²) in [4.78, 5) is 4.32. The number of anilines is 1. The third kappa shape index (κ3) is 2.65. The summed E-state index contributed by atoms with van der Waals surface area (Å²) in [5.41, 5.74) is 9.23. The molecule has 0 saturated carbocycles. The van der Waals surface area contributed by atoms with Crippen LogP contribution in [0.3, 0.4) is 0 Å². The van der Waals surface area contributed by atoms with Crippen molar-refractivity contribution >= 4 is 16.8 Å². The number of hydrogen-bond donors (Lipinski definition) is 1. The van der Waals surface area contributed by atoms with Gasteiger partial charge in [0.05, 0.1) is 11.6 Å². The smallest absolute Gasteiger partial charge is 0.233 e. The molecule has 1 heterocycles. The number of nitrogens with two attached hydrogens (primary N) is 1. The molecule has 0 radical (unpaired) electrons. The predicted octanol–water partition coefficient (Wildman–Crippen LogP) is 3.17. The number of fused-ring (bicyclic) bond motifs is 1. The first-order valence-corrected chi connectivity index (χ1v) is 6.44. The van der Waals surface area contributed by atoms with Crippen LogP contribution in [0.1, 0.15) is 17.0 Å². The Bertz CT molecular complexity index is 846. The first-order valence-electron chi connectivity index (χ1n) is 6.44. The van der Waals surface area contributed by atoms with Crippen molar-refractivity contribution < 1.29 is 9.15 Å². The highest BCUT2D eigenvalue weighted by atomic mass is 16.5. The molecule has 2 N–H and O–H groups in total. The molecule has 0 spiro atoms. The molecule has 0 aliphatic carbocycles. The fourth-order valence-corrected chi connectivity index (χ4v) is 2.02. The molecule has 0 fully saturated rings. The lowest BCUT2D eigenvalue weighted by Crippen LogP contribution is -1.97. The van der Waals surface area contributed by atoms with Crippen LogP contribution in [0.25, 0.3) is 11.1 Å². The van der Waals surface area contributed by atoms with Crippen LogP contribution in [0.5, 0.6) is 5.75 Å². The molecule has 0 bridgehead atoms. The Labute approximate surface area is 121 Å². The third-order valence-corrected chi connectivity index (χ3v) is 3.12. The van der Waals surface area contributed by atoms with E-state index >= 15 is 0 Å². The molecule has 0 aliphatic heterocycles. The van der Waals surface area contributed by atoms with Gasteiger partial charge in [-0.3, -0.25) is 0 Å². The molecule has 0 aliphatic rings. The molecule has 5 nitrogen and oxygen atoms in total. The van der Waals surface area contributed by atoms with Crippen LogP contribution in [0.2, 0.25) is 0 Å². The van der Waals surface area contributed by atoms with Gasteiger partial charge in [0.1, 0.15) is 11.3 Å². The van der Waals surface area contributed by atoms with Crippen LogP contribution in [-0.4, -0.2) is 4.98 Å². The normalized spacial score (nSPS) is 10.5. The highest BCUT2D eigenvalue weighted by molar-refractivity contribution is 5.76. The zero-order valence-electron chi connectivity index (χ0n) is 11.5. The minimum atomic E-state index is 0.199. The van der Waals surface area contributed by atoms with E-state index in [2.05, 4.69) is 11.1 Å². The van der Waals surface area contributed by atoms with E-state index in [1.54, 1.807) is 30.3 Å². The standard InChI is InChI=1S/C16H13N3O2/c1-10-2-3-11(8-17)6-15(10)20-9-16-19-13-7-12(18)4-5-14(13)21-16/h2-7H,9,18H2,1H3. The van der Waals surface area contributed by atoms with Gasteiger partial charge in [-0.1, -0.05) is 6.07 Å². The van der Waals surface area contributed by atoms with E-state index < -0.39 is 0 Å². The van der Waals surface area contributed by atoms with Crippen LogP contribution >= 0.6 is 0 Å². The van der Waals surface area contributed by atoms with Gasteiger partial charge in [0, 0.05) is 5.69 Å². The molecular weight excluding hydrogens is 266 g/mol. The van der Waals surface area contributed by atoms with Gasteiger partial charge in [-0.15, -0.1) is 0 Å². The van der Waals surface area contributed by atoms with Crippen LogP contribution < -0.4 is 10.5 Å². The fraction of sp³-hybridized carbons (Fsp3) is 0.125. The SMILES string of the molecule is Cc1ccc(C#N)cc1OCc1nc2cc(N)ccc2o1. The number of nitrogens with zero attached hydrogens (tertiary/aromatic N) is 2. The largest absolute Gasteiger partial charge is 0.484 e. The van der Waals surface area contributed by atoms with Gasteiger partial charge in [0.25, 0.3) is 0 Å². The molecule has 3 rings (SSSR count). The summed E-state index contributed by atoms with van der Waals surface area (Å²) in [5.74, 6) is 1.12. The molecule has 0 amide bonds. The molecular formula is C16H13N3O2. The molecule has 0 saturated heterocycles. The van der Waals surface area contributed by atoms with Crippen molar-refractivity contribution in [2.45, 2.75) is 13.5 Å². The van der Waals surface area contributed by atoms with Crippen molar-refractivity contribution in [2.75, 3.05) is 5.73 Å². The number of ether oxygens (including phenoxy) is 1. The lowest BCUT2D eigenvalue weighted by Gasteiger charge is -2.07. The van der Waals surface area contributed by atoms with Gasteiger partial charge >= 0.3 is 0 Å². The Morgan fingerprint density at radius 1 is 1.29 bits per heavy atom. The Hall–Kier alpha value is -3.00. The van der Waals surface area contributed by atoms with Crippen molar-refractivity contribution in [3.05, 3.63) is 53.4 Å². The van der Waals surface area contributed by atoms with Crippen molar-refractivity contribution in [2.24, 2.45) is 0 Å². The minimum Gasteiger partial charge on any atom is -0.484 e. The average Bonchev–Trinajstić information content (AvgIpc) is 2.88. The molecule has 2 aromatic carbocycles. The highest BCUT2D eigenvalue weighted by Crippen LogP contribution is 2.22. The lowest BCUT2D eigenvalue weighted by molar-refractivity contribution is 0.265. The molecule has 5 heteroatoms. The summed E-state index contributed by atoms with van der Waals surface area (Å²) in [6.45, 7) is 2.12. The van der Waals surface area contributed by atoms with Crippen molar-refractivity contribution in [1.82, 2.24) is 4.98 Å². The first kappa shape index (κ1) is 13.0. The first-order chi connectivity index (χ1) is 10.2. The lowest BCUT2D eigenvalue weighted by atomic mass is 10.1. The summed E-state index contributed by atoms with van der Waals surface area (Å²) in [6.07, 6.45) is 0. The number of nitrogen functional groups attached to an aromatic ring is 1. The Kier molecular flexibility index (Phi) is 3.20. The van der Waals surface area contributed by atoms with Gasteiger partial charge in [0.15, 0.2) is 12.2 Å². The van der Waals surface area contributed by atoms with Crippen LogP contribution in [0.15, 0.2) is 40.8 Å². The third-order valence-electron chi connectivity index (χ3n) is 3.12. The number of aryl methyl sites for hydroxylation is 1. The molecule has 0 atom stereocenters. The molecule has 3 aromatic rings. The Balaban J connectivity index is 1.82. The van der Waals surface area contributed by atoms with E-state index in [9.17, 15) is 0 Å². The molecule has 104 valence electrons. The highest BCUT2D eigenvalue weighted by Gasteiger charge is 2.08. The molecule has 0 unspecified atom stereocenters. The van der Waals surface area contributed by atoms with E-state index in [1.165, 1.54) is 0 Å². The second-order valence-corrected chi connectivity index (χ2v) is 4.72. The van der Waals surface area contributed by atoms with Gasteiger partial charge in [-0.05, 0) is 42.8 Å². The number of aromatic nitrogens is 1. The summed E-state index contributed by atoms with van der Waals surface area (Å²) in [5, 5.41) is 8.91. The van der Waals surface area contributed by atoms with E-state index in [1.807, 2.05) is 13.0 Å². The van der Waals surface area contributed by atoms with E-state index in [0.29, 0.717) is 34.0 Å². The van der Waals surface area contributed by atoms with E-state index in [0.717, 1.165) is 5.56 Å². The maximum atomic E-state index is 8.91. The zero-order valence-corrected chi connectivity index (χ0v) is 11.5. The van der Waals surface area contributed by atoms with E-state index in [-0.39, 0.29) is 6.61 Å². The zero-order chi connectivity index (χ0) is 14.8. The maximum Gasteiger partial charge on any atom is 0.233 e. The topological polar surface area (TPSA) is 85.1 Å². The summed E-state index contributed by atoms with van der Waals surface area (Å²) in [7, 11) is 0. The fourth-order valence-electron chi connectivity index (χ4n) is 2.02. The van der Waals surface area contributed by atoms with Crippen LogP contribution in [0.4, 0.5) is 5.69 Å². The Morgan fingerprint density at radius 3 is 2.95 bits per heavy atom. The maximum absolute atomic E-state index is 8.91. The number of hydrogen-bond acceptors (Lipinski definition) is 5. The van der Waals surface area contributed by atoms with Gasteiger partial charge in [0.2, 0.25) is 5.89 Å². The van der Waals surface area contributed by atoms with E-state index in [4.69, 9.17) is 20.1 Å². The minimum absolute atomic E-state index is 0.199. The molecule has 21 heavy (non-hydrogen) atoms. The van der Waals surface area contributed by atoms with Crippen molar-refractivity contribution in [3.8, 4) is 11.8 Å². The quantitative estimate of drug-likeness (QED) is 0.744. The van der Waals surface area contributed by atoms with Gasteiger partial charge < -0.3 is 14.9 Å². The number of nitriles is 1. The van der Waals surface area contributed by atoms with Crippen molar-refractivity contribution in [3.63, 3.8) is 0 Å². The monoisotopic (exact) mass is 279 g/mol. The number of rotatable bonds is 3. The van der Waals surface area contributed by atoms with Gasteiger partial charge in [-0.2, -0.15) is 5.26 Å². The summed E-state index contributed by atoms with van der Waals surface area (Å²) in [6, 6.07) is 12.7. The van der Waals surface area contributed by atoms with Crippen molar-refractivity contribution in [1.29, 1.82) is 5.26 Å². The average molecular weight is 279 g/mol. The van der Waals surface area contributed by atoms with Crippen LogP contribution in [0, 0.1) is 18.3 Å². The predicted molar refractivity (Wildman–Crippen MR) is 78.6 cm³/mol. The summed E-state index contributed by atoms with van der Waals surface area (Å²) >= 11 is 0. The number of oxazole rings is 1. The van der Waals surface area contributed by atoms with Gasteiger partial charge in [-0.25, -0.2) is 4.98 Å². The van der Waals surface area contributed by atoms with Crippen LogP contribution in [-0.2, 0) is 6.61 Å². The Morgan fingerprint density at radius 2 is 2.14 bits per heavy atom. The summed E-state index contributed by atoms with van der Waals surface area (Å²) < 4.78 is 11.3.